The highest BCUT2D eigenvalue weighted by Crippen LogP contribution is 2.32. The average Bonchev–Trinajstić information content (AvgIpc) is 2.84. The smallest absolute Gasteiger partial charge is 0.350 e. The molecular formula is C23H32F2N6O7S2. The lowest BCUT2D eigenvalue weighted by Gasteiger charge is -2.39. The summed E-state index contributed by atoms with van der Waals surface area (Å²) in [6, 6.07) is -1.80. The number of piperidine rings is 1. The topological polar surface area (TPSA) is 190 Å². The van der Waals surface area contributed by atoms with Crippen LogP contribution in [0.25, 0.3) is 0 Å². The van der Waals surface area contributed by atoms with Gasteiger partial charge in [0.05, 0.1) is 24.0 Å². The molecule has 17 heteroatoms. The number of nitrogens with one attached hydrogen (secondary N) is 1. The first-order valence-electron chi connectivity index (χ1n) is 11.7. The fraction of sp³-hybridized carbons (Fsp3) is 0.522. The number of likely N-dealkylation sites (tertiary alicyclic amines) is 1. The lowest BCUT2D eigenvalue weighted by Crippen LogP contribution is -2.46. The molecule has 1 fully saturated rings. The molecule has 1 saturated heterocycles. The zero-order chi connectivity index (χ0) is 30.6. The van der Waals surface area contributed by atoms with Gasteiger partial charge in [-0.1, -0.05) is 12.7 Å². The predicted molar refractivity (Wildman–Crippen MR) is 144 cm³/mol. The van der Waals surface area contributed by atoms with Crippen LogP contribution in [0.5, 0.6) is 0 Å². The number of esters is 1. The van der Waals surface area contributed by atoms with Crippen LogP contribution in [0.1, 0.15) is 40.5 Å². The molecule has 3 N–H and O–H groups in total. The number of azo groups is 1. The highest BCUT2D eigenvalue weighted by molar-refractivity contribution is 8.17. The van der Waals surface area contributed by atoms with Gasteiger partial charge in [-0.2, -0.15) is 19.0 Å². The molecular weight excluding hydrogens is 574 g/mol. The third kappa shape index (κ3) is 11.4. The molecule has 0 aliphatic carbocycles. The Balaban J connectivity index is 3.21. The average molecular weight is 607 g/mol. The Morgan fingerprint density at radius 1 is 1.25 bits per heavy atom. The van der Waals surface area contributed by atoms with E-state index in [9.17, 15) is 36.4 Å². The first-order valence-corrected chi connectivity index (χ1v) is 14.1. The van der Waals surface area contributed by atoms with Crippen LogP contribution in [0, 0.1) is 0 Å². The lowest BCUT2D eigenvalue weighted by atomic mass is 9.91. The fourth-order valence-corrected chi connectivity index (χ4v) is 4.70. The molecule has 2 atom stereocenters. The summed E-state index contributed by atoms with van der Waals surface area (Å²) >= 11 is 0.660. The van der Waals surface area contributed by atoms with Gasteiger partial charge in [0.1, 0.15) is 12.4 Å². The van der Waals surface area contributed by atoms with E-state index < -0.39 is 40.4 Å². The Morgan fingerprint density at radius 3 is 2.42 bits per heavy atom. The van der Waals surface area contributed by atoms with Gasteiger partial charge in [0.15, 0.2) is 11.6 Å². The number of ketones is 3. The van der Waals surface area contributed by atoms with Crippen LogP contribution < -0.4 is 10.6 Å². The Bertz CT molecular complexity index is 1230. The number of ether oxygens (including phenoxy) is 1. The molecule has 0 saturated carbocycles. The molecule has 0 aromatic carbocycles. The summed E-state index contributed by atoms with van der Waals surface area (Å²) in [6.07, 6.45) is 3.62. The van der Waals surface area contributed by atoms with Crippen molar-refractivity contribution in [2.75, 3.05) is 19.7 Å². The number of thioether (sulfide) groups is 1. The van der Waals surface area contributed by atoms with Crippen LogP contribution >= 0.6 is 11.8 Å². The molecule has 1 aliphatic heterocycles. The molecule has 40 heavy (non-hydrogen) atoms. The second-order valence-corrected chi connectivity index (χ2v) is 11.4. The minimum atomic E-state index is -4.91. The number of halogens is 2. The predicted octanol–water partition coefficient (Wildman–Crippen LogP) is 2.03. The van der Waals surface area contributed by atoms with Crippen molar-refractivity contribution in [2.45, 2.75) is 58.4 Å². The normalized spacial score (nSPS) is 19.3. The van der Waals surface area contributed by atoms with E-state index in [2.05, 4.69) is 21.9 Å². The van der Waals surface area contributed by atoms with E-state index in [4.69, 9.17) is 10.6 Å². The van der Waals surface area contributed by atoms with Gasteiger partial charge in [0.25, 0.3) is 10.0 Å². The largest absolute Gasteiger partial charge is 0.454 e. The molecule has 0 aromatic rings. The highest BCUT2D eigenvalue weighted by Gasteiger charge is 2.33. The monoisotopic (exact) mass is 606 g/mol. The van der Waals surface area contributed by atoms with Crippen molar-refractivity contribution in [1.29, 1.82) is 0 Å². The van der Waals surface area contributed by atoms with Gasteiger partial charge in [-0.25, -0.2) is 17.9 Å². The van der Waals surface area contributed by atoms with Crippen molar-refractivity contribution in [1.82, 2.24) is 9.62 Å². The number of nitrogens with two attached hydrogens (primary N) is 1. The third-order valence-corrected chi connectivity index (χ3v) is 7.04. The number of nitrogens with zero attached hydrogens (tertiary/aromatic N) is 4. The van der Waals surface area contributed by atoms with Crippen molar-refractivity contribution in [3.05, 3.63) is 34.9 Å². The zero-order valence-electron chi connectivity index (χ0n) is 22.4. The van der Waals surface area contributed by atoms with Crippen LogP contribution in [0.15, 0.2) is 50.2 Å². The number of hydrogen-bond donors (Lipinski definition) is 2. The molecule has 0 amide bonds. The molecule has 2 unspecified atom stereocenters. The molecule has 0 radical (unpaired) electrons. The molecule has 1 heterocycles. The van der Waals surface area contributed by atoms with E-state index in [0.29, 0.717) is 35.9 Å². The van der Waals surface area contributed by atoms with E-state index in [1.165, 1.54) is 38.7 Å². The second-order valence-electron chi connectivity index (χ2n) is 8.63. The van der Waals surface area contributed by atoms with Crippen molar-refractivity contribution in [3.8, 4) is 0 Å². The summed E-state index contributed by atoms with van der Waals surface area (Å²) in [4.78, 5) is 48.4. The maximum absolute atomic E-state index is 12.9. The minimum absolute atomic E-state index is 0.0662. The number of hydrogen-bond acceptors (Lipinski definition) is 12. The van der Waals surface area contributed by atoms with Gasteiger partial charge in [0, 0.05) is 11.7 Å². The first kappa shape index (κ1) is 34.7. The fourth-order valence-electron chi connectivity index (χ4n) is 3.50. The summed E-state index contributed by atoms with van der Waals surface area (Å²) in [5, 5.41) is 11.0. The van der Waals surface area contributed by atoms with Crippen LogP contribution in [0.2, 0.25) is 0 Å². The quantitative estimate of drug-likeness (QED) is 0.0597. The molecule has 222 valence electrons. The summed E-state index contributed by atoms with van der Waals surface area (Å²) in [5.41, 5.74) is 0.877. The van der Waals surface area contributed by atoms with Crippen molar-refractivity contribution in [3.63, 3.8) is 0 Å². The lowest BCUT2D eigenvalue weighted by molar-refractivity contribution is -0.142. The molecule has 1 aliphatic rings. The first-order chi connectivity index (χ1) is 18.6. The van der Waals surface area contributed by atoms with E-state index in [1.54, 1.807) is 6.08 Å². The summed E-state index contributed by atoms with van der Waals surface area (Å²) < 4.78 is 55.6. The van der Waals surface area contributed by atoms with E-state index in [0.717, 1.165) is 0 Å². The van der Waals surface area contributed by atoms with Gasteiger partial charge in [-0.15, -0.1) is 5.11 Å². The highest BCUT2D eigenvalue weighted by atomic mass is 32.2. The summed E-state index contributed by atoms with van der Waals surface area (Å²) in [5.74, 6) is -0.0828. The SMILES string of the molecule is C=C(S/C(N=NC/C=C1/CCC(C(C)=O)N(CC(C)=O)/C1=C/C(C)NS(=O)(=O)C(F)F)=N\N)C(=O)OCC(C)=O. The van der Waals surface area contributed by atoms with E-state index in [-0.39, 0.29) is 40.5 Å². The number of Topliss-reactive ketones (excluding diaryl/α,β-unsaturated/α-hetero) is 3. The van der Waals surface area contributed by atoms with Crippen molar-refractivity contribution < 1.29 is 41.1 Å². The molecule has 0 spiro atoms. The maximum atomic E-state index is 12.9. The number of sulfonamides is 1. The Hall–Kier alpha value is -3.31. The van der Waals surface area contributed by atoms with Crippen molar-refractivity contribution in [2.24, 2.45) is 21.2 Å². The number of hydrazone groups is 1. The number of allylic oxidation sites excluding steroid dienone is 1. The van der Waals surface area contributed by atoms with Crippen molar-refractivity contribution >= 4 is 50.3 Å². The molecule has 0 aromatic heterocycles. The van der Waals surface area contributed by atoms with E-state index >= 15 is 0 Å². The summed E-state index contributed by atoms with van der Waals surface area (Å²) in [7, 11) is -4.91. The number of carbonyl (C=O) groups excluding carboxylic acids is 4. The molecule has 0 bridgehead atoms. The maximum Gasteiger partial charge on any atom is 0.350 e. The number of alkyl halides is 2. The minimum Gasteiger partial charge on any atom is -0.454 e. The standard InChI is InChI=1S/C23H32F2N6O7S2/c1-13(30-40(36,37)22(24)25)10-20-18(6-7-19(16(4)34)31(20)11-14(2)32)8-9-27-29-23(28-26)39-17(5)21(35)38-12-15(3)33/h8,10,13,19,22,30H,5-7,9,11-12,26H2,1-4H3/b18-8-,20-10+,28-23-,29-27?. The van der Waals surface area contributed by atoms with E-state index in [1.807, 2.05) is 4.72 Å². The van der Waals surface area contributed by atoms with Gasteiger partial charge < -0.3 is 15.5 Å². The number of carbonyl (C=O) groups is 4. The molecule has 13 nitrogen and oxygen atoms in total. The molecule has 1 rings (SSSR count). The number of rotatable bonds is 13. The summed E-state index contributed by atoms with van der Waals surface area (Å²) in [6.45, 7) is 8.10. The van der Waals surface area contributed by atoms with Crippen LogP contribution in [-0.4, -0.2) is 79.3 Å². The van der Waals surface area contributed by atoms with Gasteiger partial charge in [-0.05, 0) is 63.9 Å². The number of amidine groups is 1. The van der Waals surface area contributed by atoms with Gasteiger partial charge >= 0.3 is 11.7 Å². The second kappa shape index (κ2) is 16.1. The van der Waals surface area contributed by atoms with Crippen LogP contribution in [0.3, 0.4) is 0 Å². The van der Waals surface area contributed by atoms with Gasteiger partial charge in [-0.3, -0.25) is 14.4 Å². The third-order valence-electron chi connectivity index (χ3n) is 5.09. The van der Waals surface area contributed by atoms with Gasteiger partial charge in [0.2, 0.25) is 5.17 Å². The zero-order valence-corrected chi connectivity index (χ0v) is 24.1. The van der Waals surface area contributed by atoms with Crippen LogP contribution in [0.4, 0.5) is 8.78 Å². The Labute approximate surface area is 235 Å². The Kier molecular flexibility index (Phi) is 14.0. The Morgan fingerprint density at radius 2 is 1.90 bits per heavy atom. The van der Waals surface area contributed by atoms with Crippen LogP contribution in [-0.2, 0) is 33.9 Å².